The third-order valence-corrected chi connectivity index (χ3v) is 3.75. The number of nitro benzene ring substituents is 1. The molecule has 3 rings (SSSR count). The lowest BCUT2D eigenvalue weighted by Gasteiger charge is -2.28. The fourth-order valence-corrected chi connectivity index (χ4v) is 2.54. The molecule has 0 fully saturated rings. The van der Waals surface area contributed by atoms with Crippen LogP contribution < -0.4 is 19.7 Å². The lowest BCUT2D eigenvalue weighted by atomic mass is 10.2. The van der Waals surface area contributed by atoms with Crippen molar-refractivity contribution in [1.82, 2.24) is 0 Å². The fraction of sp³-hybridized carbons (Fsp3) is 0.176. The van der Waals surface area contributed by atoms with Crippen molar-refractivity contribution in [1.29, 1.82) is 0 Å². The summed E-state index contributed by atoms with van der Waals surface area (Å²) in [5.74, 6) is -0.200. The normalized spacial score (nSPS) is 12.8. The molecule has 9 heteroatoms. The smallest absolute Gasteiger partial charge is 0.331 e. The minimum Gasteiger partial charge on any atom is -0.497 e. The molecule has 1 N–H and O–H groups in total. The molecule has 2 aromatic rings. The highest BCUT2D eigenvalue weighted by Gasteiger charge is 2.27. The van der Waals surface area contributed by atoms with Gasteiger partial charge in [-0.2, -0.15) is 0 Å². The Morgan fingerprint density at radius 3 is 2.69 bits per heavy atom. The number of carbonyl (C=O) groups excluding carboxylic acids is 2. The summed E-state index contributed by atoms with van der Waals surface area (Å²) in [4.78, 5) is 35.8. The molecular weight excluding hydrogens is 342 g/mol. The van der Waals surface area contributed by atoms with E-state index in [1.165, 1.54) is 23.1 Å². The Labute approximate surface area is 148 Å². The van der Waals surface area contributed by atoms with E-state index in [1.807, 2.05) is 0 Å². The minimum atomic E-state index is -0.588. The minimum absolute atomic E-state index is 0.0627. The predicted octanol–water partition coefficient (Wildman–Crippen LogP) is 1.97. The van der Waals surface area contributed by atoms with Gasteiger partial charge in [-0.1, -0.05) is 0 Å². The first kappa shape index (κ1) is 17.2. The molecule has 1 aliphatic heterocycles. The Morgan fingerprint density at radius 2 is 2.04 bits per heavy atom. The zero-order valence-electron chi connectivity index (χ0n) is 13.8. The molecule has 0 radical (unpaired) electrons. The third-order valence-electron chi connectivity index (χ3n) is 3.75. The van der Waals surface area contributed by atoms with E-state index < -0.39 is 10.9 Å². The maximum absolute atomic E-state index is 12.3. The number of fused-ring (bicyclic) bond motifs is 1. The molecule has 134 valence electrons. The molecule has 0 saturated carbocycles. The second-order valence-electron chi connectivity index (χ2n) is 5.52. The van der Waals surface area contributed by atoms with Crippen molar-refractivity contribution in [2.45, 2.75) is 0 Å². The number of hydrogen-bond donors (Lipinski definition) is 1. The SMILES string of the molecule is COc1ccc(NC(=O)CN2CC(=O)Oc3cc([N+](=O)[O-])ccc32)cc1. The van der Waals surface area contributed by atoms with Crippen molar-refractivity contribution in [2.75, 3.05) is 30.4 Å². The second-order valence-corrected chi connectivity index (χ2v) is 5.52. The topological polar surface area (TPSA) is 111 Å². The number of benzene rings is 2. The van der Waals surface area contributed by atoms with Gasteiger partial charge < -0.3 is 19.7 Å². The number of nitrogens with zero attached hydrogens (tertiary/aromatic N) is 2. The van der Waals surface area contributed by atoms with Gasteiger partial charge in [-0.3, -0.25) is 14.9 Å². The summed E-state index contributed by atoms with van der Waals surface area (Å²) in [7, 11) is 1.55. The van der Waals surface area contributed by atoms with E-state index in [4.69, 9.17) is 9.47 Å². The number of ether oxygens (including phenoxy) is 2. The molecule has 1 amide bonds. The number of hydrogen-bond acceptors (Lipinski definition) is 7. The molecular formula is C17H15N3O6. The molecule has 0 unspecified atom stereocenters. The van der Waals surface area contributed by atoms with Crippen molar-refractivity contribution in [2.24, 2.45) is 0 Å². The molecule has 2 aromatic carbocycles. The van der Waals surface area contributed by atoms with Crippen LogP contribution in [0, 0.1) is 10.1 Å². The van der Waals surface area contributed by atoms with Crippen LogP contribution in [0.1, 0.15) is 0 Å². The van der Waals surface area contributed by atoms with Gasteiger partial charge in [0.15, 0.2) is 5.75 Å². The van der Waals surface area contributed by atoms with Gasteiger partial charge in [0, 0.05) is 11.8 Å². The average molecular weight is 357 g/mol. The molecule has 0 atom stereocenters. The number of nitro groups is 1. The number of methoxy groups -OCH3 is 1. The number of carbonyl (C=O) groups is 2. The van der Waals surface area contributed by atoms with E-state index in [0.717, 1.165) is 0 Å². The Hall–Kier alpha value is -3.62. The maximum atomic E-state index is 12.3. The molecule has 1 heterocycles. The summed E-state index contributed by atoms with van der Waals surface area (Å²) < 4.78 is 10.1. The van der Waals surface area contributed by atoms with Crippen molar-refractivity contribution in [3.05, 3.63) is 52.6 Å². The van der Waals surface area contributed by atoms with Gasteiger partial charge in [0.25, 0.3) is 5.69 Å². The number of nitrogens with one attached hydrogen (secondary N) is 1. The zero-order valence-corrected chi connectivity index (χ0v) is 13.8. The Kier molecular flexibility index (Phi) is 4.70. The van der Waals surface area contributed by atoms with E-state index in [9.17, 15) is 19.7 Å². The molecule has 0 aromatic heterocycles. The number of rotatable bonds is 5. The average Bonchev–Trinajstić information content (AvgIpc) is 2.61. The van der Waals surface area contributed by atoms with E-state index >= 15 is 0 Å². The Morgan fingerprint density at radius 1 is 1.31 bits per heavy atom. The molecule has 9 nitrogen and oxygen atoms in total. The highest BCUT2D eigenvalue weighted by Crippen LogP contribution is 2.35. The fourth-order valence-electron chi connectivity index (χ4n) is 2.54. The van der Waals surface area contributed by atoms with Crippen molar-refractivity contribution >= 4 is 28.9 Å². The number of anilines is 2. The monoisotopic (exact) mass is 357 g/mol. The highest BCUT2D eigenvalue weighted by atomic mass is 16.6. The van der Waals surface area contributed by atoms with E-state index in [1.54, 1.807) is 31.4 Å². The van der Waals surface area contributed by atoms with Crippen molar-refractivity contribution in [3.63, 3.8) is 0 Å². The van der Waals surface area contributed by atoms with Crippen LogP contribution in [-0.4, -0.2) is 37.0 Å². The maximum Gasteiger partial charge on any atom is 0.331 e. The van der Waals surface area contributed by atoms with Crippen LogP contribution in [0.2, 0.25) is 0 Å². The molecule has 0 saturated heterocycles. The summed E-state index contributed by atoms with van der Waals surface area (Å²) in [6.45, 7) is -0.229. The van der Waals surface area contributed by atoms with Crippen LogP contribution in [0.15, 0.2) is 42.5 Å². The summed E-state index contributed by atoms with van der Waals surface area (Å²) in [5.41, 5.74) is 0.834. The van der Waals surface area contributed by atoms with E-state index in [2.05, 4.69) is 5.32 Å². The predicted molar refractivity (Wildman–Crippen MR) is 92.6 cm³/mol. The molecule has 26 heavy (non-hydrogen) atoms. The Balaban J connectivity index is 1.74. The third kappa shape index (κ3) is 3.72. The standard InChI is InChI=1S/C17H15N3O6/c1-25-13-5-2-11(3-6-13)18-16(21)9-19-10-17(22)26-15-8-12(20(23)24)4-7-14(15)19/h2-8H,9-10H2,1H3,(H,18,21). The van der Waals surface area contributed by atoms with Crippen LogP contribution in [0.3, 0.4) is 0 Å². The van der Waals surface area contributed by atoms with Crippen LogP contribution in [-0.2, 0) is 9.59 Å². The molecule has 0 aliphatic carbocycles. The zero-order chi connectivity index (χ0) is 18.7. The van der Waals surface area contributed by atoms with Gasteiger partial charge in [-0.15, -0.1) is 0 Å². The van der Waals surface area contributed by atoms with Crippen LogP contribution in [0.5, 0.6) is 11.5 Å². The largest absolute Gasteiger partial charge is 0.497 e. The summed E-state index contributed by atoms with van der Waals surface area (Å²) in [6.07, 6.45) is 0. The number of esters is 1. The highest BCUT2D eigenvalue weighted by molar-refractivity contribution is 5.96. The summed E-state index contributed by atoms with van der Waals surface area (Å²) >= 11 is 0. The molecule has 1 aliphatic rings. The van der Waals surface area contributed by atoms with Crippen molar-refractivity contribution in [3.8, 4) is 11.5 Å². The summed E-state index contributed by atoms with van der Waals surface area (Å²) in [5, 5.41) is 13.6. The van der Waals surface area contributed by atoms with Crippen LogP contribution >= 0.6 is 0 Å². The van der Waals surface area contributed by atoms with Gasteiger partial charge in [-0.05, 0) is 30.3 Å². The summed E-state index contributed by atoms with van der Waals surface area (Å²) in [6, 6.07) is 10.7. The lowest BCUT2D eigenvalue weighted by molar-refractivity contribution is -0.384. The molecule has 0 bridgehead atoms. The number of non-ortho nitro benzene ring substituents is 1. The lowest BCUT2D eigenvalue weighted by Crippen LogP contribution is -2.41. The first-order valence-corrected chi connectivity index (χ1v) is 7.64. The van der Waals surface area contributed by atoms with Crippen LogP contribution in [0.4, 0.5) is 17.1 Å². The van der Waals surface area contributed by atoms with Crippen molar-refractivity contribution < 1.29 is 24.0 Å². The van der Waals surface area contributed by atoms with Gasteiger partial charge >= 0.3 is 5.97 Å². The Bertz CT molecular complexity index is 865. The van der Waals surface area contributed by atoms with E-state index in [0.29, 0.717) is 17.1 Å². The van der Waals surface area contributed by atoms with Gasteiger partial charge in [0.2, 0.25) is 5.91 Å². The van der Waals surface area contributed by atoms with Gasteiger partial charge in [0.1, 0.15) is 12.3 Å². The number of amides is 1. The second kappa shape index (κ2) is 7.09. The first-order chi connectivity index (χ1) is 12.5. The van der Waals surface area contributed by atoms with E-state index in [-0.39, 0.29) is 30.4 Å². The first-order valence-electron chi connectivity index (χ1n) is 7.64. The van der Waals surface area contributed by atoms with Crippen LogP contribution in [0.25, 0.3) is 0 Å². The van der Waals surface area contributed by atoms with Gasteiger partial charge in [0.05, 0.1) is 30.3 Å². The van der Waals surface area contributed by atoms with Gasteiger partial charge in [-0.25, -0.2) is 4.79 Å². The quantitative estimate of drug-likeness (QED) is 0.377. The molecule has 0 spiro atoms.